The summed E-state index contributed by atoms with van der Waals surface area (Å²) in [6.07, 6.45) is 0.625. The Morgan fingerprint density at radius 3 is 2.26 bits per heavy atom. The number of ether oxygens (including phenoxy) is 1. The van der Waals surface area contributed by atoms with Gasteiger partial charge in [-0.3, -0.25) is 4.79 Å². The standard InChI is InChI=1S/C12H22N2O5/c1-5-8(3)10(11(16)17)13-12(18)14(6-2)7-9(15)19-4/h8,10H,5-7H2,1-4H3,(H,13,18)(H,16,17)/t8?,10-/m0/s1. The lowest BCUT2D eigenvalue weighted by Gasteiger charge is -2.25. The van der Waals surface area contributed by atoms with Crippen LogP contribution in [0.1, 0.15) is 27.2 Å². The Morgan fingerprint density at radius 1 is 1.32 bits per heavy atom. The number of nitrogens with zero attached hydrogens (tertiary/aromatic N) is 1. The maximum atomic E-state index is 11.9. The molecule has 0 aromatic heterocycles. The highest BCUT2D eigenvalue weighted by atomic mass is 16.5. The van der Waals surface area contributed by atoms with E-state index in [1.165, 1.54) is 12.0 Å². The van der Waals surface area contributed by atoms with E-state index < -0.39 is 24.0 Å². The highest BCUT2D eigenvalue weighted by Crippen LogP contribution is 2.08. The van der Waals surface area contributed by atoms with Gasteiger partial charge in [-0.25, -0.2) is 9.59 Å². The van der Waals surface area contributed by atoms with Crippen molar-refractivity contribution in [3.8, 4) is 0 Å². The lowest BCUT2D eigenvalue weighted by molar-refractivity contribution is -0.141. The van der Waals surface area contributed by atoms with Crippen molar-refractivity contribution in [1.29, 1.82) is 0 Å². The first-order valence-corrected chi connectivity index (χ1v) is 6.22. The van der Waals surface area contributed by atoms with Crippen LogP contribution in [0.5, 0.6) is 0 Å². The number of aliphatic carboxylic acids is 1. The minimum Gasteiger partial charge on any atom is -0.480 e. The highest BCUT2D eigenvalue weighted by molar-refractivity contribution is 5.85. The number of amides is 2. The second kappa shape index (κ2) is 8.34. The number of nitrogens with one attached hydrogen (secondary N) is 1. The molecule has 0 fully saturated rings. The van der Waals surface area contributed by atoms with E-state index >= 15 is 0 Å². The Hall–Kier alpha value is -1.79. The molecule has 1 unspecified atom stereocenters. The van der Waals surface area contributed by atoms with Crippen LogP contribution in [-0.2, 0) is 14.3 Å². The van der Waals surface area contributed by atoms with Gasteiger partial charge in [-0.15, -0.1) is 0 Å². The Labute approximate surface area is 112 Å². The predicted molar refractivity (Wildman–Crippen MR) is 68.7 cm³/mol. The molecule has 0 radical (unpaired) electrons. The van der Waals surface area contributed by atoms with Crippen LogP contribution in [0.25, 0.3) is 0 Å². The van der Waals surface area contributed by atoms with Crippen LogP contribution in [0, 0.1) is 5.92 Å². The number of esters is 1. The average molecular weight is 274 g/mol. The third kappa shape index (κ3) is 5.58. The second-order valence-electron chi connectivity index (χ2n) is 4.24. The third-order valence-electron chi connectivity index (χ3n) is 2.97. The molecular weight excluding hydrogens is 252 g/mol. The number of carbonyl (C=O) groups is 3. The van der Waals surface area contributed by atoms with Gasteiger partial charge in [-0.2, -0.15) is 0 Å². The van der Waals surface area contributed by atoms with Gasteiger partial charge in [-0.1, -0.05) is 20.3 Å². The molecule has 7 nitrogen and oxygen atoms in total. The van der Waals surface area contributed by atoms with E-state index in [4.69, 9.17) is 5.11 Å². The lowest BCUT2D eigenvalue weighted by Crippen LogP contribution is -2.51. The van der Waals surface area contributed by atoms with Gasteiger partial charge in [-0.05, 0) is 12.8 Å². The summed E-state index contributed by atoms with van der Waals surface area (Å²) in [4.78, 5) is 35.3. The van der Waals surface area contributed by atoms with E-state index in [0.29, 0.717) is 6.42 Å². The average Bonchev–Trinajstić information content (AvgIpc) is 2.40. The fourth-order valence-corrected chi connectivity index (χ4v) is 1.46. The molecule has 0 aliphatic carbocycles. The van der Waals surface area contributed by atoms with Crippen molar-refractivity contribution in [1.82, 2.24) is 10.2 Å². The highest BCUT2D eigenvalue weighted by Gasteiger charge is 2.27. The fraction of sp³-hybridized carbons (Fsp3) is 0.750. The molecule has 0 aromatic carbocycles. The number of likely N-dealkylation sites (N-methyl/N-ethyl adjacent to an activating group) is 1. The summed E-state index contributed by atoms with van der Waals surface area (Å²) in [6.45, 7) is 5.37. The molecule has 0 rings (SSSR count). The quantitative estimate of drug-likeness (QED) is 0.666. The van der Waals surface area contributed by atoms with Crippen molar-refractivity contribution in [2.45, 2.75) is 33.2 Å². The van der Waals surface area contributed by atoms with Crippen LogP contribution < -0.4 is 5.32 Å². The van der Waals surface area contributed by atoms with Crippen LogP contribution >= 0.6 is 0 Å². The summed E-state index contributed by atoms with van der Waals surface area (Å²) in [5.41, 5.74) is 0. The second-order valence-corrected chi connectivity index (χ2v) is 4.24. The van der Waals surface area contributed by atoms with Crippen LogP contribution in [0.15, 0.2) is 0 Å². The number of carboxylic acids is 1. The number of rotatable bonds is 7. The molecule has 2 N–H and O–H groups in total. The summed E-state index contributed by atoms with van der Waals surface area (Å²) < 4.78 is 4.48. The zero-order chi connectivity index (χ0) is 15.0. The molecule has 19 heavy (non-hydrogen) atoms. The maximum absolute atomic E-state index is 11.9. The molecule has 0 aliphatic heterocycles. The zero-order valence-electron chi connectivity index (χ0n) is 11.8. The number of carboxylic acid groups (broad SMARTS) is 1. The van der Waals surface area contributed by atoms with Gasteiger partial charge in [0.05, 0.1) is 7.11 Å². The number of urea groups is 1. The summed E-state index contributed by atoms with van der Waals surface area (Å²) in [6, 6.07) is -1.55. The third-order valence-corrected chi connectivity index (χ3v) is 2.97. The van der Waals surface area contributed by atoms with Crippen molar-refractivity contribution in [2.75, 3.05) is 20.2 Å². The normalized spacial score (nSPS) is 13.3. The fourth-order valence-electron chi connectivity index (χ4n) is 1.46. The molecule has 0 spiro atoms. The topological polar surface area (TPSA) is 95.9 Å². The molecular formula is C12H22N2O5. The first kappa shape index (κ1) is 17.2. The molecule has 2 atom stereocenters. The van der Waals surface area contributed by atoms with Crippen molar-refractivity contribution < 1.29 is 24.2 Å². The Kier molecular flexibility index (Phi) is 7.55. The van der Waals surface area contributed by atoms with Crippen LogP contribution in [0.3, 0.4) is 0 Å². The van der Waals surface area contributed by atoms with Crippen molar-refractivity contribution in [3.05, 3.63) is 0 Å². The minimum absolute atomic E-state index is 0.196. The van der Waals surface area contributed by atoms with E-state index in [1.807, 2.05) is 6.92 Å². The predicted octanol–water partition coefficient (Wildman–Crippen LogP) is 0.690. The van der Waals surface area contributed by atoms with Gasteiger partial charge in [0.15, 0.2) is 0 Å². The van der Waals surface area contributed by atoms with E-state index in [-0.39, 0.29) is 19.0 Å². The minimum atomic E-state index is -1.09. The number of hydrogen-bond acceptors (Lipinski definition) is 4. The van der Waals surface area contributed by atoms with E-state index in [1.54, 1.807) is 13.8 Å². The molecule has 0 aromatic rings. The van der Waals surface area contributed by atoms with Crippen LogP contribution in [0.4, 0.5) is 4.79 Å². The Bertz CT molecular complexity index is 332. The van der Waals surface area contributed by atoms with Gasteiger partial charge < -0.3 is 20.1 Å². The zero-order valence-corrected chi connectivity index (χ0v) is 11.8. The molecule has 0 bridgehead atoms. The monoisotopic (exact) mass is 274 g/mol. The molecule has 0 heterocycles. The molecule has 0 saturated carbocycles. The molecule has 2 amide bonds. The summed E-state index contributed by atoms with van der Waals surface area (Å²) in [5, 5.41) is 11.5. The molecule has 110 valence electrons. The largest absolute Gasteiger partial charge is 0.480 e. The molecule has 7 heteroatoms. The van der Waals surface area contributed by atoms with Crippen LogP contribution in [0.2, 0.25) is 0 Å². The first-order chi connectivity index (χ1) is 8.87. The first-order valence-electron chi connectivity index (χ1n) is 6.22. The summed E-state index contributed by atoms with van der Waals surface area (Å²) >= 11 is 0. The van der Waals surface area contributed by atoms with Gasteiger partial charge in [0.1, 0.15) is 12.6 Å². The van der Waals surface area contributed by atoms with Crippen molar-refractivity contribution in [2.24, 2.45) is 5.92 Å². The maximum Gasteiger partial charge on any atom is 0.326 e. The number of hydrogen-bond donors (Lipinski definition) is 2. The number of carbonyl (C=O) groups excluding carboxylic acids is 2. The van der Waals surface area contributed by atoms with Gasteiger partial charge >= 0.3 is 18.0 Å². The molecule has 0 aliphatic rings. The Balaban J connectivity index is 4.68. The summed E-state index contributed by atoms with van der Waals surface area (Å²) in [7, 11) is 1.23. The van der Waals surface area contributed by atoms with E-state index in [9.17, 15) is 14.4 Å². The summed E-state index contributed by atoms with van der Waals surface area (Å²) in [5.74, 6) is -1.83. The van der Waals surface area contributed by atoms with Crippen LogP contribution in [-0.4, -0.2) is 54.2 Å². The van der Waals surface area contributed by atoms with Gasteiger partial charge in [0.2, 0.25) is 0 Å². The Morgan fingerprint density at radius 2 is 1.89 bits per heavy atom. The lowest BCUT2D eigenvalue weighted by atomic mass is 9.99. The van der Waals surface area contributed by atoms with Gasteiger partial charge in [0.25, 0.3) is 0 Å². The van der Waals surface area contributed by atoms with Crippen molar-refractivity contribution >= 4 is 18.0 Å². The van der Waals surface area contributed by atoms with Gasteiger partial charge in [0, 0.05) is 6.54 Å². The molecule has 0 saturated heterocycles. The number of methoxy groups -OCH3 is 1. The smallest absolute Gasteiger partial charge is 0.326 e. The van der Waals surface area contributed by atoms with E-state index in [0.717, 1.165) is 0 Å². The van der Waals surface area contributed by atoms with E-state index in [2.05, 4.69) is 10.1 Å². The van der Waals surface area contributed by atoms with Crippen molar-refractivity contribution in [3.63, 3.8) is 0 Å². The SMILES string of the molecule is CCC(C)[C@H](NC(=O)N(CC)CC(=O)OC)C(=O)O.